The number of urea groups is 1. The van der Waals surface area contributed by atoms with E-state index in [0.717, 1.165) is 44.1 Å². The van der Waals surface area contributed by atoms with Crippen LogP contribution in [0, 0.1) is 11.3 Å². The zero-order chi connectivity index (χ0) is 24.9. The molecule has 0 atom stereocenters. The smallest absolute Gasteiger partial charge is 0.308 e. The summed E-state index contributed by atoms with van der Waals surface area (Å²) in [6, 6.07) is 8.86. The highest BCUT2D eigenvalue weighted by atomic mass is 35.5. The third kappa shape index (κ3) is 6.20. The number of rotatable bonds is 6. The van der Waals surface area contributed by atoms with E-state index in [2.05, 4.69) is 21.6 Å². The minimum atomic E-state index is -5.70. The van der Waals surface area contributed by atoms with Crippen LogP contribution in [0.3, 0.4) is 0 Å². The molecule has 2 amide bonds. The summed E-state index contributed by atoms with van der Waals surface area (Å²) in [6.07, 6.45) is 4.03. The van der Waals surface area contributed by atoms with Gasteiger partial charge in [0.15, 0.2) is 0 Å². The van der Waals surface area contributed by atoms with Crippen LogP contribution >= 0.6 is 11.6 Å². The van der Waals surface area contributed by atoms with Crippen molar-refractivity contribution in [2.45, 2.75) is 36.1 Å². The number of hydrogen-bond donors (Lipinski definition) is 2. The topological polar surface area (TPSA) is 102 Å². The van der Waals surface area contributed by atoms with Crippen molar-refractivity contribution in [3.05, 3.63) is 52.5 Å². The van der Waals surface area contributed by atoms with Crippen molar-refractivity contribution < 1.29 is 26.4 Å². The number of anilines is 2. The molecule has 34 heavy (non-hydrogen) atoms. The molecule has 1 heterocycles. The molecule has 3 rings (SSSR count). The summed E-state index contributed by atoms with van der Waals surface area (Å²) in [7, 11) is -5.70. The number of amides is 2. The predicted molar refractivity (Wildman–Crippen MR) is 122 cm³/mol. The van der Waals surface area contributed by atoms with Crippen molar-refractivity contribution >= 4 is 38.8 Å². The van der Waals surface area contributed by atoms with Crippen LogP contribution in [0.1, 0.15) is 30.4 Å². The Bertz CT molecular complexity index is 1210. The molecule has 1 fully saturated rings. The van der Waals surface area contributed by atoms with Crippen molar-refractivity contribution in [3.63, 3.8) is 0 Å². The number of sulfone groups is 1. The molecule has 0 aromatic heterocycles. The van der Waals surface area contributed by atoms with Gasteiger partial charge in [0.2, 0.25) is 0 Å². The van der Waals surface area contributed by atoms with Gasteiger partial charge in [-0.25, -0.2) is 13.2 Å². The first-order valence-electron chi connectivity index (χ1n) is 10.5. The van der Waals surface area contributed by atoms with E-state index in [1.54, 1.807) is 12.1 Å². The number of carbonyl (C=O) groups excluding carboxylic acids is 1. The number of hydrogen-bond acceptors (Lipinski definition) is 5. The van der Waals surface area contributed by atoms with Gasteiger partial charge in [0.05, 0.1) is 21.6 Å². The van der Waals surface area contributed by atoms with Crippen LogP contribution in [0.5, 0.6) is 0 Å². The number of nitriles is 1. The molecule has 0 saturated carbocycles. The first-order chi connectivity index (χ1) is 16.0. The fraction of sp³-hybridized carbons (Fsp3) is 0.364. The molecule has 1 aliphatic rings. The standard InChI is InChI=1S/C22H22ClF3N4O3S/c23-18-6-5-17(13-20(18)34(32,33)22(24,25)26)28-21(31)29-19-7-4-15(14-27)12-16(19)8-11-30-9-2-1-3-10-30/h4-7,12-13H,1-3,8-11H2,(H2,28,29,31). The highest BCUT2D eigenvalue weighted by Crippen LogP contribution is 2.35. The van der Waals surface area contributed by atoms with Gasteiger partial charge in [-0.3, -0.25) is 0 Å². The maximum Gasteiger partial charge on any atom is 0.501 e. The van der Waals surface area contributed by atoms with Gasteiger partial charge in [-0.15, -0.1) is 0 Å². The van der Waals surface area contributed by atoms with E-state index < -0.39 is 31.3 Å². The van der Waals surface area contributed by atoms with Crippen molar-refractivity contribution in [3.8, 4) is 6.07 Å². The van der Waals surface area contributed by atoms with Crippen LogP contribution in [-0.4, -0.2) is 44.5 Å². The van der Waals surface area contributed by atoms with Crippen LogP contribution < -0.4 is 10.6 Å². The largest absolute Gasteiger partial charge is 0.501 e. The number of carbonyl (C=O) groups is 1. The number of alkyl halides is 3. The monoisotopic (exact) mass is 514 g/mol. The Morgan fingerprint density at radius 1 is 1.09 bits per heavy atom. The van der Waals surface area contributed by atoms with E-state index in [9.17, 15) is 31.6 Å². The fourth-order valence-corrected chi connectivity index (χ4v) is 4.93. The first kappa shape index (κ1) is 25.8. The van der Waals surface area contributed by atoms with E-state index in [-0.39, 0.29) is 5.69 Å². The average Bonchev–Trinajstić information content (AvgIpc) is 2.79. The number of piperidine rings is 1. The Morgan fingerprint density at radius 3 is 2.44 bits per heavy atom. The van der Waals surface area contributed by atoms with Crippen LogP contribution in [0.4, 0.5) is 29.3 Å². The van der Waals surface area contributed by atoms with Gasteiger partial charge in [-0.1, -0.05) is 18.0 Å². The van der Waals surface area contributed by atoms with Gasteiger partial charge in [0.25, 0.3) is 9.84 Å². The number of nitrogens with one attached hydrogen (secondary N) is 2. The zero-order valence-electron chi connectivity index (χ0n) is 18.0. The molecule has 182 valence electrons. The van der Waals surface area contributed by atoms with Gasteiger partial charge in [0, 0.05) is 17.9 Å². The molecule has 1 saturated heterocycles. The second-order valence-corrected chi connectivity index (χ2v) is 10.1. The molecule has 0 radical (unpaired) electrons. The molecule has 2 N–H and O–H groups in total. The lowest BCUT2D eigenvalue weighted by Gasteiger charge is -2.26. The maximum atomic E-state index is 12.9. The summed E-state index contributed by atoms with van der Waals surface area (Å²) in [5.41, 5.74) is -4.13. The molecule has 2 aromatic rings. The lowest BCUT2D eigenvalue weighted by Crippen LogP contribution is -2.31. The second-order valence-electron chi connectivity index (χ2n) is 7.81. The third-order valence-electron chi connectivity index (χ3n) is 5.41. The zero-order valence-corrected chi connectivity index (χ0v) is 19.5. The predicted octanol–water partition coefficient (Wildman–Crippen LogP) is 5.18. The summed E-state index contributed by atoms with van der Waals surface area (Å²) >= 11 is 5.66. The second kappa shape index (κ2) is 10.6. The molecular formula is C22H22ClF3N4O3S. The minimum Gasteiger partial charge on any atom is -0.308 e. The maximum absolute atomic E-state index is 12.9. The Kier molecular flexibility index (Phi) is 8.07. The van der Waals surface area contributed by atoms with E-state index in [4.69, 9.17) is 11.6 Å². The lowest BCUT2D eigenvalue weighted by atomic mass is 10.0. The number of benzene rings is 2. The molecular weight excluding hydrogens is 493 g/mol. The van der Waals surface area contributed by atoms with Crippen LogP contribution in [0.25, 0.3) is 0 Å². The Hall–Kier alpha value is -2.81. The summed E-state index contributed by atoms with van der Waals surface area (Å²) < 4.78 is 62.3. The van der Waals surface area contributed by atoms with Gasteiger partial charge in [-0.2, -0.15) is 18.4 Å². The Labute approximate surface area is 200 Å². The SMILES string of the molecule is N#Cc1ccc(NC(=O)Nc2ccc(Cl)c(S(=O)(=O)C(F)(F)F)c2)c(CCN2CCCCC2)c1. The molecule has 0 unspecified atom stereocenters. The molecule has 7 nitrogen and oxygen atoms in total. The fourth-order valence-electron chi connectivity index (χ4n) is 3.65. The van der Waals surface area contributed by atoms with Crippen molar-refractivity contribution in [1.29, 1.82) is 5.26 Å². The van der Waals surface area contributed by atoms with Gasteiger partial charge in [-0.05, 0) is 74.3 Å². The van der Waals surface area contributed by atoms with Crippen LogP contribution in [0.15, 0.2) is 41.3 Å². The first-order valence-corrected chi connectivity index (χ1v) is 12.3. The van der Waals surface area contributed by atoms with Crippen molar-refractivity contribution in [2.75, 3.05) is 30.3 Å². The Balaban J connectivity index is 1.76. The van der Waals surface area contributed by atoms with Gasteiger partial charge < -0.3 is 15.5 Å². The summed E-state index contributed by atoms with van der Waals surface area (Å²) in [4.78, 5) is 13.7. The highest BCUT2D eigenvalue weighted by Gasteiger charge is 2.48. The van der Waals surface area contributed by atoms with Crippen molar-refractivity contribution in [1.82, 2.24) is 4.90 Å². The Morgan fingerprint density at radius 2 is 1.79 bits per heavy atom. The molecule has 0 aliphatic carbocycles. The average molecular weight is 515 g/mol. The normalized spacial score (nSPS) is 14.9. The van der Waals surface area contributed by atoms with E-state index in [0.29, 0.717) is 23.7 Å². The van der Waals surface area contributed by atoms with Crippen molar-refractivity contribution in [2.24, 2.45) is 0 Å². The van der Waals surface area contributed by atoms with E-state index >= 15 is 0 Å². The lowest BCUT2D eigenvalue weighted by molar-refractivity contribution is -0.0435. The van der Waals surface area contributed by atoms with Gasteiger partial charge >= 0.3 is 11.5 Å². The number of likely N-dealkylation sites (tertiary alicyclic amines) is 1. The summed E-state index contributed by atoms with van der Waals surface area (Å²) in [5, 5.41) is 13.5. The van der Waals surface area contributed by atoms with E-state index in [1.165, 1.54) is 18.6 Å². The number of nitrogens with zero attached hydrogens (tertiary/aromatic N) is 2. The van der Waals surface area contributed by atoms with Gasteiger partial charge in [0.1, 0.15) is 0 Å². The molecule has 12 heteroatoms. The summed E-state index contributed by atoms with van der Waals surface area (Å²) in [6.45, 7) is 2.73. The van der Waals surface area contributed by atoms with Crippen LogP contribution in [-0.2, 0) is 16.3 Å². The molecule has 0 bridgehead atoms. The molecule has 2 aromatic carbocycles. The molecule has 0 spiro atoms. The quantitative estimate of drug-likeness (QED) is 0.553. The van der Waals surface area contributed by atoms with Crippen LogP contribution in [0.2, 0.25) is 5.02 Å². The minimum absolute atomic E-state index is 0.187. The number of halogens is 4. The summed E-state index contributed by atoms with van der Waals surface area (Å²) in [5.74, 6) is 0. The third-order valence-corrected chi connectivity index (χ3v) is 7.38. The highest BCUT2D eigenvalue weighted by molar-refractivity contribution is 7.92. The van der Waals surface area contributed by atoms with E-state index in [1.807, 2.05) is 0 Å². The molecule has 1 aliphatic heterocycles.